The highest BCUT2D eigenvalue weighted by Crippen LogP contribution is 2.23. The predicted octanol–water partition coefficient (Wildman–Crippen LogP) is 1.61. The number of benzene rings is 2. The Morgan fingerprint density at radius 1 is 1.00 bits per heavy atom. The zero-order valence-corrected chi connectivity index (χ0v) is 16.9. The lowest BCUT2D eigenvalue weighted by Gasteiger charge is -2.36. The number of aryl methyl sites for hydroxylation is 1. The molecule has 0 saturated carbocycles. The van der Waals surface area contributed by atoms with Crippen LogP contribution < -0.4 is 0 Å². The minimum absolute atomic E-state index is 0.208. The molecule has 2 aliphatic heterocycles. The quantitative estimate of drug-likeness (QED) is 0.713. The van der Waals surface area contributed by atoms with E-state index >= 15 is 0 Å². The van der Waals surface area contributed by atoms with Gasteiger partial charge in [-0.05, 0) is 30.7 Å². The van der Waals surface area contributed by atoms with Gasteiger partial charge in [-0.2, -0.15) is 4.31 Å². The largest absolute Gasteiger partial charge is 0.448 e. The summed E-state index contributed by atoms with van der Waals surface area (Å²) in [5.41, 5.74) is 2.27. The number of carbonyl (C=O) groups excluding carboxylic acids is 2. The first kappa shape index (κ1) is 19.6. The zero-order valence-electron chi connectivity index (χ0n) is 16.1. The van der Waals surface area contributed by atoms with Crippen LogP contribution >= 0.6 is 0 Å². The third kappa shape index (κ3) is 3.77. The van der Waals surface area contributed by atoms with Gasteiger partial charge in [0.05, 0.1) is 10.5 Å². The van der Waals surface area contributed by atoms with E-state index in [4.69, 9.17) is 4.74 Å². The van der Waals surface area contributed by atoms with Gasteiger partial charge < -0.3 is 9.64 Å². The Kier molecular flexibility index (Phi) is 5.14. The van der Waals surface area contributed by atoms with Crippen LogP contribution in [0.2, 0.25) is 0 Å². The highest BCUT2D eigenvalue weighted by molar-refractivity contribution is 7.89. The van der Waals surface area contributed by atoms with Crippen LogP contribution in [0.25, 0.3) is 0 Å². The first-order chi connectivity index (χ1) is 13.9. The molecule has 0 bridgehead atoms. The number of piperazine rings is 1. The number of hydrogen-bond donors (Lipinski definition) is 0. The Morgan fingerprint density at radius 2 is 1.66 bits per heavy atom. The molecule has 1 atom stereocenters. The van der Waals surface area contributed by atoms with Crippen molar-refractivity contribution < 1.29 is 22.7 Å². The molecular formula is C21H22N2O5S. The summed E-state index contributed by atoms with van der Waals surface area (Å²) in [4.78, 5) is 26.8. The number of carbonyl (C=O) groups is 2. The molecule has 152 valence electrons. The van der Waals surface area contributed by atoms with E-state index in [2.05, 4.69) is 0 Å². The van der Waals surface area contributed by atoms with Gasteiger partial charge in [0.25, 0.3) is 5.91 Å². The summed E-state index contributed by atoms with van der Waals surface area (Å²) < 4.78 is 32.4. The lowest BCUT2D eigenvalue weighted by molar-refractivity contribution is -0.142. The topological polar surface area (TPSA) is 84.0 Å². The third-order valence-electron chi connectivity index (χ3n) is 5.38. The Hall–Kier alpha value is -2.71. The summed E-state index contributed by atoms with van der Waals surface area (Å²) in [6, 6.07) is 13.8. The Labute approximate surface area is 169 Å². The fourth-order valence-corrected chi connectivity index (χ4v) is 5.10. The van der Waals surface area contributed by atoms with Crippen LogP contribution in [0.4, 0.5) is 0 Å². The second-order valence-corrected chi connectivity index (χ2v) is 9.24. The maximum Gasteiger partial charge on any atom is 0.339 e. The number of esters is 1. The molecule has 1 saturated heterocycles. The van der Waals surface area contributed by atoms with Gasteiger partial charge >= 0.3 is 5.97 Å². The Bertz CT molecular complexity index is 1040. The lowest BCUT2D eigenvalue weighted by Crippen LogP contribution is -2.54. The second kappa shape index (κ2) is 7.61. The van der Waals surface area contributed by atoms with Gasteiger partial charge in [-0.25, -0.2) is 13.2 Å². The molecule has 2 heterocycles. The van der Waals surface area contributed by atoms with Crippen molar-refractivity contribution in [1.29, 1.82) is 0 Å². The fourth-order valence-electron chi connectivity index (χ4n) is 3.68. The number of sulfonamides is 1. The maximum absolute atomic E-state index is 12.9. The van der Waals surface area contributed by atoms with Crippen LogP contribution in [0.1, 0.15) is 21.5 Å². The van der Waals surface area contributed by atoms with Crippen LogP contribution in [0.15, 0.2) is 53.4 Å². The molecule has 0 spiro atoms. The third-order valence-corrected chi connectivity index (χ3v) is 7.29. The molecule has 29 heavy (non-hydrogen) atoms. The molecule has 2 aromatic carbocycles. The van der Waals surface area contributed by atoms with E-state index in [-0.39, 0.29) is 37.0 Å². The first-order valence-corrected chi connectivity index (χ1v) is 10.9. The molecule has 2 aromatic rings. The molecule has 0 N–H and O–H groups in total. The van der Waals surface area contributed by atoms with Crippen LogP contribution in [0, 0.1) is 6.92 Å². The molecule has 0 unspecified atom stereocenters. The molecule has 2 aliphatic rings. The summed E-state index contributed by atoms with van der Waals surface area (Å²) >= 11 is 0. The molecule has 1 fully saturated rings. The van der Waals surface area contributed by atoms with Crippen LogP contribution in [0.3, 0.4) is 0 Å². The summed E-state index contributed by atoms with van der Waals surface area (Å²) in [6.07, 6.45) is -0.527. The van der Waals surface area contributed by atoms with Gasteiger partial charge in [0, 0.05) is 32.6 Å². The van der Waals surface area contributed by atoms with Crippen LogP contribution in [0.5, 0.6) is 0 Å². The maximum atomic E-state index is 12.9. The summed E-state index contributed by atoms with van der Waals surface area (Å²) in [7, 11) is -3.59. The molecule has 1 amide bonds. The fraction of sp³-hybridized carbons (Fsp3) is 0.333. The number of amides is 1. The molecule has 0 aromatic heterocycles. The molecule has 7 nitrogen and oxygen atoms in total. The number of ether oxygens (including phenoxy) is 1. The van der Waals surface area contributed by atoms with E-state index < -0.39 is 22.1 Å². The normalized spacial score (nSPS) is 20.1. The van der Waals surface area contributed by atoms with Gasteiger partial charge in [0.2, 0.25) is 10.0 Å². The van der Waals surface area contributed by atoms with Gasteiger partial charge in [0.15, 0.2) is 6.10 Å². The van der Waals surface area contributed by atoms with E-state index in [1.807, 2.05) is 19.1 Å². The number of rotatable bonds is 3. The van der Waals surface area contributed by atoms with Gasteiger partial charge in [-0.15, -0.1) is 0 Å². The zero-order chi connectivity index (χ0) is 20.6. The van der Waals surface area contributed by atoms with Crippen molar-refractivity contribution in [1.82, 2.24) is 9.21 Å². The lowest BCUT2D eigenvalue weighted by atomic mass is 9.98. The van der Waals surface area contributed by atoms with Crippen molar-refractivity contribution in [2.45, 2.75) is 24.3 Å². The summed E-state index contributed by atoms with van der Waals surface area (Å²) in [5, 5.41) is 0. The minimum Gasteiger partial charge on any atom is -0.448 e. The van der Waals surface area contributed by atoms with Crippen molar-refractivity contribution in [2.24, 2.45) is 0 Å². The monoisotopic (exact) mass is 414 g/mol. The highest BCUT2D eigenvalue weighted by atomic mass is 32.2. The van der Waals surface area contributed by atoms with Crippen molar-refractivity contribution in [3.05, 3.63) is 65.2 Å². The van der Waals surface area contributed by atoms with E-state index in [1.54, 1.807) is 41.3 Å². The Morgan fingerprint density at radius 3 is 2.34 bits per heavy atom. The number of fused-ring (bicyclic) bond motifs is 1. The van der Waals surface area contributed by atoms with Crippen molar-refractivity contribution in [2.75, 3.05) is 26.2 Å². The van der Waals surface area contributed by atoms with E-state index in [9.17, 15) is 18.0 Å². The highest BCUT2D eigenvalue weighted by Gasteiger charge is 2.36. The van der Waals surface area contributed by atoms with Gasteiger partial charge in [-0.1, -0.05) is 35.9 Å². The predicted molar refractivity (Wildman–Crippen MR) is 106 cm³/mol. The van der Waals surface area contributed by atoms with E-state index in [1.165, 1.54) is 4.31 Å². The first-order valence-electron chi connectivity index (χ1n) is 9.51. The average Bonchev–Trinajstić information content (AvgIpc) is 2.73. The molecule has 8 heteroatoms. The average molecular weight is 414 g/mol. The van der Waals surface area contributed by atoms with E-state index in [0.29, 0.717) is 12.0 Å². The number of cyclic esters (lactones) is 1. The smallest absolute Gasteiger partial charge is 0.339 e. The van der Waals surface area contributed by atoms with E-state index in [0.717, 1.165) is 11.1 Å². The standard InChI is InChI=1S/C21H22N2O5S/c1-15-6-8-17(9-7-15)29(26,27)23-12-10-22(11-13-23)20(24)19-14-16-4-2-3-5-18(16)21(25)28-19/h2-9,19H,10-14H2,1H3/t19-/m0/s1. The van der Waals surface area contributed by atoms with Crippen LogP contribution in [-0.4, -0.2) is 61.8 Å². The molecular weight excluding hydrogens is 392 g/mol. The summed E-state index contributed by atoms with van der Waals surface area (Å²) in [6.45, 7) is 2.84. The van der Waals surface area contributed by atoms with Gasteiger partial charge in [-0.3, -0.25) is 4.79 Å². The minimum atomic E-state index is -3.59. The molecule has 0 aliphatic carbocycles. The van der Waals surface area contributed by atoms with Crippen molar-refractivity contribution in [3.8, 4) is 0 Å². The van der Waals surface area contributed by atoms with Crippen LogP contribution in [-0.2, 0) is 26.0 Å². The Balaban J connectivity index is 1.41. The van der Waals surface area contributed by atoms with Gasteiger partial charge in [0.1, 0.15) is 0 Å². The number of hydrogen-bond acceptors (Lipinski definition) is 5. The second-order valence-electron chi connectivity index (χ2n) is 7.30. The molecule has 0 radical (unpaired) electrons. The SMILES string of the molecule is Cc1ccc(S(=O)(=O)N2CCN(C(=O)[C@@H]3Cc4ccccc4C(=O)O3)CC2)cc1. The summed E-state index contributed by atoms with van der Waals surface area (Å²) in [5.74, 6) is -0.772. The molecule has 4 rings (SSSR count). The van der Waals surface area contributed by atoms with Crippen molar-refractivity contribution in [3.63, 3.8) is 0 Å². The van der Waals surface area contributed by atoms with Crippen molar-refractivity contribution >= 4 is 21.9 Å². The number of nitrogens with zero attached hydrogens (tertiary/aromatic N) is 2.